The van der Waals surface area contributed by atoms with Gasteiger partial charge in [-0.05, 0) is 19.8 Å². The van der Waals surface area contributed by atoms with Crippen molar-refractivity contribution >= 4 is 10.0 Å². The third kappa shape index (κ3) is 11.8. The van der Waals surface area contributed by atoms with E-state index >= 15 is 0 Å². The molecule has 5 nitrogen and oxygen atoms in total. The molecule has 0 unspecified atom stereocenters. The van der Waals surface area contributed by atoms with E-state index in [0.717, 1.165) is 0 Å². The molecule has 0 saturated heterocycles. The smallest absolute Gasteiger partial charge is 0.209 e. The van der Waals surface area contributed by atoms with Crippen LogP contribution in [0.15, 0.2) is 0 Å². The van der Waals surface area contributed by atoms with Crippen molar-refractivity contribution in [1.82, 2.24) is 0 Å². The monoisotopic (exact) mass is 225 g/mol. The zero-order valence-corrected chi connectivity index (χ0v) is 9.38. The molecule has 0 fully saturated rings. The first-order valence-corrected chi connectivity index (χ1v) is 6.43. The number of ether oxygens (including phenoxy) is 2. The Morgan fingerprint density at radius 3 is 2.29 bits per heavy atom. The SMILES string of the molecule is CCOCCOCCCCS(N)(=O)=O. The van der Waals surface area contributed by atoms with Gasteiger partial charge in [-0.2, -0.15) is 0 Å². The lowest BCUT2D eigenvalue weighted by atomic mass is 10.4. The molecule has 6 heteroatoms. The Bertz CT molecular complexity index is 215. The summed E-state index contributed by atoms with van der Waals surface area (Å²) in [7, 11) is -3.31. The summed E-state index contributed by atoms with van der Waals surface area (Å²) in [6.07, 6.45) is 1.26. The van der Waals surface area contributed by atoms with Gasteiger partial charge in [0.1, 0.15) is 0 Å². The van der Waals surface area contributed by atoms with Crippen molar-refractivity contribution in [3.63, 3.8) is 0 Å². The summed E-state index contributed by atoms with van der Waals surface area (Å²) in [5.74, 6) is 0.0296. The zero-order valence-electron chi connectivity index (χ0n) is 8.57. The van der Waals surface area contributed by atoms with E-state index in [1.165, 1.54) is 0 Å². The highest BCUT2D eigenvalue weighted by molar-refractivity contribution is 7.89. The number of nitrogens with two attached hydrogens (primary N) is 1. The van der Waals surface area contributed by atoms with E-state index in [-0.39, 0.29) is 5.75 Å². The molecule has 0 aliphatic rings. The highest BCUT2D eigenvalue weighted by Crippen LogP contribution is 1.93. The van der Waals surface area contributed by atoms with Crippen LogP contribution in [0, 0.1) is 0 Å². The van der Waals surface area contributed by atoms with Crippen LogP contribution in [0.5, 0.6) is 0 Å². The number of unbranched alkanes of at least 4 members (excludes halogenated alkanes) is 1. The largest absolute Gasteiger partial charge is 0.379 e. The summed E-state index contributed by atoms with van der Waals surface area (Å²) >= 11 is 0. The van der Waals surface area contributed by atoms with E-state index in [1.54, 1.807) is 0 Å². The fraction of sp³-hybridized carbons (Fsp3) is 1.00. The lowest BCUT2D eigenvalue weighted by Crippen LogP contribution is -2.16. The topological polar surface area (TPSA) is 78.6 Å². The van der Waals surface area contributed by atoms with E-state index in [0.29, 0.717) is 39.3 Å². The van der Waals surface area contributed by atoms with Crippen molar-refractivity contribution < 1.29 is 17.9 Å². The maximum Gasteiger partial charge on any atom is 0.209 e. The molecule has 0 atom stereocenters. The number of sulfonamides is 1. The summed E-state index contributed by atoms with van der Waals surface area (Å²) in [5.41, 5.74) is 0. The van der Waals surface area contributed by atoms with Crippen molar-refractivity contribution in [2.75, 3.05) is 32.2 Å². The van der Waals surface area contributed by atoms with E-state index in [1.807, 2.05) is 6.92 Å². The second kappa shape index (κ2) is 8.16. The number of hydrogen-bond donors (Lipinski definition) is 1. The molecule has 0 aromatic rings. The summed E-state index contributed by atoms with van der Waals surface area (Å²) in [5, 5.41) is 4.83. The van der Waals surface area contributed by atoms with Crippen LogP contribution in [0.25, 0.3) is 0 Å². The van der Waals surface area contributed by atoms with Crippen molar-refractivity contribution in [3.05, 3.63) is 0 Å². The molecule has 0 saturated carbocycles. The van der Waals surface area contributed by atoms with Gasteiger partial charge in [0, 0.05) is 13.2 Å². The third-order valence-corrected chi connectivity index (χ3v) is 2.40. The highest BCUT2D eigenvalue weighted by atomic mass is 32.2. The fourth-order valence-electron chi connectivity index (χ4n) is 0.872. The van der Waals surface area contributed by atoms with Gasteiger partial charge in [-0.25, -0.2) is 13.6 Å². The standard InChI is InChI=1S/C8H19NO4S/c1-2-12-6-7-13-5-3-4-8-14(9,10)11/h2-8H2,1H3,(H2,9,10,11). The molecule has 0 aliphatic carbocycles. The Kier molecular flexibility index (Phi) is 8.07. The van der Waals surface area contributed by atoms with Gasteiger partial charge in [-0.1, -0.05) is 0 Å². The minimum absolute atomic E-state index is 0.0296. The van der Waals surface area contributed by atoms with Gasteiger partial charge in [0.15, 0.2) is 0 Å². The van der Waals surface area contributed by atoms with E-state index in [2.05, 4.69) is 0 Å². The molecule has 0 heterocycles. The predicted molar refractivity (Wildman–Crippen MR) is 54.5 cm³/mol. The summed E-state index contributed by atoms with van der Waals surface area (Å²) in [6.45, 7) is 4.32. The summed E-state index contributed by atoms with van der Waals surface area (Å²) in [6, 6.07) is 0. The molecule has 0 rings (SSSR count). The lowest BCUT2D eigenvalue weighted by molar-refractivity contribution is 0.0518. The van der Waals surface area contributed by atoms with Gasteiger partial charge in [-0.3, -0.25) is 0 Å². The molecule has 0 aliphatic heterocycles. The predicted octanol–water partition coefficient (Wildman–Crippen LogP) is 0.108. The first-order chi connectivity index (χ1) is 6.56. The fourth-order valence-corrected chi connectivity index (χ4v) is 1.48. The zero-order chi connectivity index (χ0) is 10.9. The first-order valence-electron chi connectivity index (χ1n) is 4.72. The molecular weight excluding hydrogens is 206 g/mol. The summed E-state index contributed by atoms with van der Waals surface area (Å²) < 4.78 is 31.3. The number of primary sulfonamides is 1. The Labute approximate surface area is 85.6 Å². The average molecular weight is 225 g/mol. The van der Waals surface area contributed by atoms with Gasteiger partial charge in [0.2, 0.25) is 10.0 Å². The van der Waals surface area contributed by atoms with Crippen molar-refractivity contribution in [2.45, 2.75) is 19.8 Å². The van der Waals surface area contributed by atoms with E-state index < -0.39 is 10.0 Å². The molecule has 0 aromatic carbocycles. The molecule has 0 bridgehead atoms. The Balaban J connectivity index is 3.07. The van der Waals surface area contributed by atoms with Crippen LogP contribution < -0.4 is 5.14 Å². The van der Waals surface area contributed by atoms with Crippen molar-refractivity contribution in [2.24, 2.45) is 5.14 Å². The molecule has 0 spiro atoms. The summed E-state index contributed by atoms with van der Waals surface area (Å²) in [4.78, 5) is 0. The van der Waals surface area contributed by atoms with Crippen molar-refractivity contribution in [1.29, 1.82) is 0 Å². The van der Waals surface area contributed by atoms with Gasteiger partial charge in [-0.15, -0.1) is 0 Å². The van der Waals surface area contributed by atoms with Crippen LogP contribution in [0.1, 0.15) is 19.8 Å². The average Bonchev–Trinajstić information content (AvgIpc) is 2.08. The third-order valence-electron chi connectivity index (χ3n) is 1.54. The molecule has 0 radical (unpaired) electrons. The van der Waals surface area contributed by atoms with E-state index in [9.17, 15) is 8.42 Å². The molecule has 2 N–H and O–H groups in total. The van der Waals surface area contributed by atoms with Crippen LogP contribution in [0.4, 0.5) is 0 Å². The van der Waals surface area contributed by atoms with Gasteiger partial charge >= 0.3 is 0 Å². The normalized spacial score (nSPS) is 11.9. The van der Waals surface area contributed by atoms with Crippen molar-refractivity contribution in [3.8, 4) is 0 Å². The van der Waals surface area contributed by atoms with Crippen LogP contribution in [-0.2, 0) is 19.5 Å². The van der Waals surface area contributed by atoms with Crippen LogP contribution >= 0.6 is 0 Å². The highest BCUT2D eigenvalue weighted by Gasteiger charge is 2.00. The number of rotatable bonds is 9. The number of hydrogen-bond acceptors (Lipinski definition) is 4. The Morgan fingerprint density at radius 1 is 1.07 bits per heavy atom. The quantitative estimate of drug-likeness (QED) is 0.565. The molecule has 0 amide bonds. The first kappa shape index (κ1) is 13.8. The Morgan fingerprint density at radius 2 is 1.71 bits per heavy atom. The molecule has 86 valence electrons. The van der Waals surface area contributed by atoms with Gasteiger partial charge < -0.3 is 9.47 Å². The van der Waals surface area contributed by atoms with Crippen LogP contribution in [0.3, 0.4) is 0 Å². The molecule has 14 heavy (non-hydrogen) atoms. The lowest BCUT2D eigenvalue weighted by Gasteiger charge is -2.03. The van der Waals surface area contributed by atoms with Crippen LogP contribution in [-0.4, -0.2) is 40.6 Å². The van der Waals surface area contributed by atoms with E-state index in [4.69, 9.17) is 14.6 Å². The molecule has 0 aromatic heterocycles. The van der Waals surface area contributed by atoms with Gasteiger partial charge in [0.05, 0.1) is 19.0 Å². The minimum Gasteiger partial charge on any atom is -0.379 e. The minimum atomic E-state index is -3.31. The van der Waals surface area contributed by atoms with Gasteiger partial charge in [0.25, 0.3) is 0 Å². The molecular formula is C8H19NO4S. The second-order valence-corrected chi connectivity index (χ2v) is 4.62. The van der Waals surface area contributed by atoms with Crippen LogP contribution in [0.2, 0.25) is 0 Å². The Hall–Kier alpha value is -0.170. The maximum atomic E-state index is 10.5. The maximum absolute atomic E-state index is 10.5. The second-order valence-electron chi connectivity index (χ2n) is 2.88.